The average Bonchev–Trinajstić information content (AvgIpc) is 3.33. The van der Waals surface area contributed by atoms with Crippen molar-refractivity contribution in [2.75, 3.05) is 6.79 Å². The number of hydrogen-bond acceptors (Lipinski definition) is 7. The zero-order valence-electron chi connectivity index (χ0n) is 17.9. The van der Waals surface area contributed by atoms with Crippen LogP contribution in [0.5, 0.6) is 11.5 Å². The standard InChI is InChI=1S/C24H17BrN4O6/c25-18-8-6-16(11-20(18)29(32)33)13-26-28-24(31)19(27-23(30)17-4-2-1-3-5-17)10-15-7-9-21-22(12-15)35-14-34-21/h1-13H,14H2,(H,27,30)(H,28,31)/b19-10+,26-13+. The van der Waals surface area contributed by atoms with Crippen molar-refractivity contribution in [3.63, 3.8) is 0 Å². The quantitative estimate of drug-likeness (QED) is 0.203. The van der Waals surface area contributed by atoms with Crippen LogP contribution in [-0.2, 0) is 4.79 Å². The normalized spacial score (nSPS) is 12.4. The summed E-state index contributed by atoms with van der Waals surface area (Å²) in [6.45, 7) is 0.101. The molecule has 0 spiro atoms. The fourth-order valence-corrected chi connectivity index (χ4v) is 3.48. The van der Waals surface area contributed by atoms with Crippen molar-refractivity contribution in [1.82, 2.24) is 10.7 Å². The number of rotatable bonds is 7. The van der Waals surface area contributed by atoms with Crippen molar-refractivity contribution in [3.05, 3.63) is 104 Å². The Morgan fingerprint density at radius 2 is 1.74 bits per heavy atom. The van der Waals surface area contributed by atoms with Crippen LogP contribution in [0.15, 0.2) is 82.0 Å². The molecule has 4 rings (SSSR count). The molecule has 2 amide bonds. The van der Waals surface area contributed by atoms with Gasteiger partial charge in [-0.2, -0.15) is 5.10 Å². The highest BCUT2D eigenvalue weighted by Crippen LogP contribution is 2.33. The monoisotopic (exact) mass is 536 g/mol. The Morgan fingerprint density at radius 1 is 1.00 bits per heavy atom. The summed E-state index contributed by atoms with van der Waals surface area (Å²) in [5, 5.41) is 17.6. The predicted molar refractivity (Wildman–Crippen MR) is 131 cm³/mol. The Hall–Kier alpha value is -4.51. The molecule has 0 saturated heterocycles. The molecule has 0 aromatic heterocycles. The molecule has 0 aliphatic carbocycles. The second-order valence-electron chi connectivity index (χ2n) is 7.16. The van der Waals surface area contributed by atoms with Crippen molar-refractivity contribution >= 4 is 45.7 Å². The number of amides is 2. The van der Waals surface area contributed by atoms with Crippen LogP contribution in [0.25, 0.3) is 6.08 Å². The van der Waals surface area contributed by atoms with E-state index in [2.05, 4.69) is 31.8 Å². The van der Waals surface area contributed by atoms with E-state index in [-0.39, 0.29) is 18.2 Å². The summed E-state index contributed by atoms with van der Waals surface area (Å²) < 4.78 is 11.0. The van der Waals surface area contributed by atoms with Gasteiger partial charge in [0.05, 0.1) is 15.6 Å². The number of hydrazone groups is 1. The van der Waals surface area contributed by atoms with Gasteiger partial charge in [-0.3, -0.25) is 19.7 Å². The molecule has 0 saturated carbocycles. The lowest BCUT2D eigenvalue weighted by Gasteiger charge is -2.09. The molecule has 35 heavy (non-hydrogen) atoms. The van der Waals surface area contributed by atoms with E-state index in [0.29, 0.717) is 32.7 Å². The van der Waals surface area contributed by atoms with Gasteiger partial charge in [0, 0.05) is 17.2 Å². The first-order chi connectivity index (χ1) is 16.9. The summed E-state index contributed by atoms with van der Waals surface area (Å²) in [5.41, 5.74) is 3.47. The topological polar surface area (TPSA) is 132 Å². The van der Waals surface area contributed by atoms with Gasteiger partial charge < -0.3 is 14.8 Å². The van der Waals surface area contributed by atoms with Crippen LogP contribution in [0.2, 0.25) is 0 Å². The first-order valence-electron chi connectivity index (χ1n) is 10.2. The van der Waals surface area contributed by atoms with Crippen LogP contribution in [0.1, 0.15) is 21.5 Å². The molecule has 2 N–H and O–H groups in total. The second-order valence-corrected chi connectivity index (χ2v) is 8.01. The van der Waals surface area contributed by atoms with Crippen molar-refractivity contribution < 1.29 is 24.0 Å². The molecule has 10 nitrogen and oxygen atoms in total. The van der Waals surface area contributed by atoms with E-state index < -0.39 is 16.7 Å². The Morgan fingerprint density at radius 3 is 2.51 bits per heavy atom. The predicted octanol–water partition coefficient (Wildman–Crippen LogP) is 4.01. The average molecular weight is 537 g/mol. The van der Waals surface area contributed by atoms with Crippen molar-refractivity contribution in [2.24, 2.45) is 5.10 Å². The summed E-state index contributed by atoms with van der Waals surface area (Å²) in [7, 11) is 0. The van der Waals surface area contributed by atoms with Crippen LogP contribution >= 0.6 is 15.9 Å². The summed E-state index contributed by atoms with van der Waals surface area (Å²) in [5.74, 6) is -0.0903. The highest BCUT2D eigenvalue weighted by Gasteiger charge is 2.17. The number of nitrogens with one attached hydrogen (secondary N) is 2. The van der Waals surface area contributed by atoms with Crippen LogP contribution < -0.4 is 20.2 Å². The lowest BCUT2D eigenvalue weighted by molar-refractivity contribution is -0.385. The number of nitrogens with zero attached hydrogens (tertiary/aromatic N) is 2. The van der Waals surface area contributed by atoms with Gasteiger partial charge in [0.1, 0.15) is 5.70 Å². The van der Waals surface area contributed by atoms with Gasteiger partial charge in [-0.05, 0) is 57.9 Å². The zero-order valence-corrected chi connectivity index (χ0v) is 19.5. The third kappa shape index (κ3) is 5.89. The van der Waals surface area contributed by atoms with Crippen molar-refractivity contribution in [3.8, 4) is 11.5 Å². The lowest BCUT2D eigenvalue weighted by Crippen LogP contribution is -2.32. The first-order valence-corrected chi connectivity index (χ1v) is 10.9. The number of ether oxygens (including phenoxy) is 2. The van der Waals surface area contributed by atoms with E-state index in [0.717, 1.165) is 0 Å². The summed E-state index contributed by atoms with van der Waals surface area (Å²) in [6, 6.07) is 17.9. The third-order valence-electron chi connectivity index (χ3n) is 4.78. The number of nitro groups is 1. The number of carbonyl (C=O) groups is 2. The molecule has 176 valence electrons. The van der Waals surface area contributed by atoms with Crippen molar-refractivity contribution in [1.29, 1.82) is 0 Å². The molecule has 1 aliphatic rings. The molecule has 0 unspecified atom stereocenters. The maximum atomic E-state index is 12.9. The minimum atomic E-state index is -0.699. The first kappa shape index (κ1) is 23.6. The Bertz CT molecular complexity index is 1360. The highest BCUT2D eigenvalue weighted by molar-refractivity contribution is 9.10. The molecular formula is C24H17BrN4O6. The van der Waals surface area contributed by atoms with E-state index in [9.17, 15) is 19.7 Å². The number of hydrogen-bond donors (Lipinski definition) is 2. The largest absolute Gasteiger partial charge is 0.454 e. The van der Waals surface area contributed by atoms with Gasteiger partial charge in [-0.1, -0.05) is 30.3 Å². The molecule has 0 fully saturated rings. The molecular weight excluding hydrogens is 520 g/mol. The minimum absolute atomic E-state index is 0.0725. The van der Waals surface area contributed by atoms with Gasteiger partial charge in [-0.15, -0.1) is 0 Å². The molecule has 1 heterocycles. The summed E-state index contributed by atoms with van der Waals surface area (Å²) in [4.78, 5) is 36.1. The minimum Gasteiger partial charge on any atom is -0.454 e. The van der Waals surface area contributed by atoms with Crippen LogP contribution in [0.4, 0.5) is 5.69 Å². The van der Waals surface area contributed by atoms with Gasteiger partial charge in [0.15, 0.2) is 11.5 Å². The van der Waals surface area contributed by atoms with Gasteiger partial charge in [0.25, 0.3) is 17.5 Å². The van der Waals surface area contributed by atoms with Crippen LogP contribution in [0, 0.1) is 10.1 Å². The summed E-state index contributed by atoms with van der Waals surface area (Å²) >= 11 is 3.11. The number of fused-ring (bicyclic) bond motifs is 1. The van der Waals surface area contributed by atoms with Gasteiger partial charge in [-0.25, -0.2) is 5.43 Å². The number of carbonyl (C=O) groups excluding carboxylic acids is 2. The Kier molecular flexibility index (Phi) is 7.17. The number of nitro benzene ring substituents is 1. The van der Waals surface area contributed by atoms with E-state index >= 15 is 0 Å². The fourth-order valence-electron chi connectivity index (χ4n) is 3.09. The van der Waals surface area contributed by atoms with Crippen LogP contribution in [-0.4, -0.2) is 29.7 Å². The smallest absolute Gasteiger partial charge is 0.287 e. The van der Waals surface area contributed by atoms with E-state index in [1.54, 1.807) is 54.6 Å². The summed E-state index contributed by atoms with van der Waals surface area (Å²) in [6.07, 6.45) is 2.73. The molecule has 0 radical (unpaired) electrons. The Labute approximate surface area is 207 Å². The number of benzene rings is 3. The molecule has 0 bridgehead atoms. The van der Waals surface area contributed by atoms with Crippen LogP contribution in [0.3, 0.4) is 0 Å². The maximum absolute atomic E-state index is 12.9. The molecule has 1 aliphatic heterocycles. The van der Waals surface area contributed by atoms with Gasteiger partial charge in [0.2, 0.25) is 6.79 Å². The van der Waals surface area contributed by atoms with E-state index in [4.69, 9.17) is 9.47 Å². The lowest BCUT2D eigenvalue weighted by atomic mass is 10.1. The zero-order chi connectivity index (χ0) is 24.8. The van der Waals surface area contributed by atoms with E-state index in [1.165, 1.54) is 24.4 Å². The Balaban J connectivity index is 1.56. The SMILES string of the molecule is O=C(N/N=C/c1ccc(Br)c([N+](=O)[O-])c1)/C(=C\c1ccc2c(c1)OCO2)NC(=O)c1ccccc1. The molecule has 3 aromatic carbocycles. The van der Waals surface area contributed by atoms with Crippen molar-refractivity contribution in [2.45, 2.75) is 0 Å². The second kappa shape index (κ2) is 10.6. The molecule has 11 heteroatoms. The molecule has 3 aromatic rings. The van der Waals surface area contributed by atoms with E-state index in [1.807, 2.05) is 0 Å². The number of halogens is 1. The van der Waals surface area contributed by atoms with Gasteiger partial charge >= 0.3 is 0 Å². The fraction of sp³-hybridized carbons (Fsp3) is 0.0417. The maximum Gasteiger partial charge on any atom is 0.287 e. The highest BCUT2D eigenvalue weighted by atomic mass is 79.9. The molecule has 0 atom stereocenters. The third-order valence-corrected chi connectivity index (χ3v) is 5.45.